The average Bonchev–Trinajstić information content (AvgIpc) is 3.20. The predicted molar refractivity (Wildman–Crippen MR) is 96.1 cm³/mol. The maximum Gasteiger partial charge on any atom is 0.291 e. The van der Waals surface area contributed by atoms with Crippen LogP contribution in [0.5, 0.6) is 0 Å². The first-order chi connectivity index (χ1) is 12.1. The Kier molecular flexibility index (Phi) is 4.16. The van der Waals surface area contributed by atoms with Crippen molar-refractivity contribution in [3.05, 3.63) is 22.6 Å². The van der Waals surface area contributed by atoms with E-state index in [0.717, 1.165) is 23.1 Å². The molecule has 0 radical (unpaired) electrons. The van der Waals surface area contributed by atoms with Crippen LogP contribution in [0.1, 0.15) is 60.1 Å². The second-order valence-electron chi connectivity index (χ2n) is 6.62. The van der Waals surface area contributed by atoms with E-state index in [-0.39, 0.29) is 24.4 Å². The molecule has 7 nitrogen and oxygen atoms in total. The van der Waals surface area contributed by atoms with Crippen LogP contribution in [-0.4, -0.2) is 43.2 Å². The molecule has 1 aliphatic rings. The third kappa shape index (κ3) is 2.69. The number of hydrogen-bond donors (Lipinski definition) is 2. The van der Waals surface area contributed by atoms with Crippen molar-refractivity contribution in [3.8, 4) is 0 Å². The van der Waals surface area contributed by atoms with Crippen LogP contribution in [0.25, 0.3) is 15.9 Å². The number of aliphatic hydroxyl groups excluding tert-OH is 1. The van der Waals surface area contributed by atoms with E-state index in [1.807, 2.05) is 6.92 Å². The van der Waals surface area contributed by atoms with Gasteiger partial charge >= 0.3 is 0 Å². The molecule has 2 N–H and O–H groups in total. The van der Waals surface area contributed by atoms with Crippen molar-refractivity contribution in [1.82, 2.24) is 24.9 Å². The molecule has 0 spiro atoms. The van der Waals surface area contributed by atoms with Gasteiger partial charge in [-0.2, -0.15) is 0 Å². The van der Waals surface area contributed by atoms with Gasteiger partial charge in [0.1, 0.15) is 11.2 Å². The van der Waals surface area contributed by atoms with Gasteiger partial charge < -0.3 is 10.4 Å². The molecule has 3 aromatic rings. The molecule has 3 aromatic heterocycles. The molecule has 1 aliphatic carbocycles. The summed E-state index contributed by atoms with van der Waals surface area (Å²) in [7, 11) is 0. The van der Waals surface area contributed by atoms with Gasteiger partial charge in [0, 0.05) is 4.88 Å². The Morgan fingerprint density at radius 2 is 2.40 bits per heavy atom. The number of nitrogens with zero attached hydrogens (tertiary/aromatic N) is 4. The molecule has 2 unspecified atom stereocenters. The molecule has 8 heteroatoms. The van der Waals surface area contributed by atoms with Gasteiger partial charge in [0.2, 0.25) is 5.82 Å². The van der Waals surface area contributed by atoms with Gasteiger partial charge in [-0.1, -0.05) is 13.8 Å². The van der Waals surface area contributed by atoms with Crippen molar-refractivity contribution in [2.75, 3.05) is 6.61 Å². The van der Waals surface area contributed by atoms with E-state index in [1.165, 1.54) is 16.9 Å². The third-order valence-corrected chi connectivity index (χ3v) is 6.10. The summed E-state index contributed by atoms with van der Waals surface area (Å²) in [5, 5.41) is 17.4. The first-order valence-corrected chi connectivity index (χ1v) is 9.52. The number of nitrogens with one attached hydrogen (secondary N) is 1. The average molecular weight is 359 g/mol. The summed E-state index contributed by atoms with van der Waals surface area (Å²) < 4.78 is 1.59. The predicted octanol–water partition coefficient (Wildman–Crippen LogP) is 2.28. The van der Waals surface area contributed by atoms with Crippen molar-refractivity contribution in [2.24, 2.45) is 0 Å². The first-order valence-electron chi connectivity index (χ1n) is 8.70. The molecule has 0 fully saturated rings. The second-order valence-corrected chi connectivity index (χ2v) is 7.71. The van der Waals surface area contributed by atoms with E-state index in [0.29, 0.717) is 18.0 Å². The lowest BCUT2D eigenvalue weighted by atomic mass is 9.87. The summed E-state index contributed by atoms with van der Waals surface area (Å²) in [6, 6.07) is -0.286. The van der Waals surface area contributed by atoms with Crippen molar-refractivity contribution in [1.29, 1.82) is 0 Å². The van der Waals surface area contributed by atoms with Crippen LogP contribution in [0.4, 0.5) is 0 Å². The van der Waals surface area contributed by atoms with Crippen molar-refractivity contribution < 1.29 is 9.90 Å². The summed E-state index contributed by atoms with van der Waals surface area (Å²) >= 11 is 1.73. The number of fused-ring (bicyclic) bond motifs is 5. The SMILES string of the molecule is CCC(CO)NC(=O)c1nc2c3c4c(sc3ncn2n1)CCCC4C. The van der Waals surface area contributed by atoms with E-state index < -0.39 is 0 Å². The van der Waals surface area contributed by atoms with Crippen LogP contribution in [0.3, 0.4) is 0 Å². The topological polar surface area (TPSA) is 92.4 Å². The molecule has 0 saturated heterocycles. The minimum atomic E-state index is -0.366. The number of rotatable bonds is 4. The van der Waals surface area contributed by atoms with Crippen LogP contribution < -0.4 is 5.32 Å². The summed E-state index contributed by atoms with van der Waals surface area (Å²) in [6.07, 6.45) is 5.73. The molecular formula is C17H21N5O2S. The lowest BCUT2D eigenvalue weighted by Gasteiger charge is -2.18. The number of carbonyl (C=O) groups is 1. The Labute approximate surface area is 149 Å². The fourth-order valence-electron chi connectivity index (χ4n) is 3.51. The number of aliphatic hydroxyl groups is 1. The van der Waals surface area contributed by atoms with E-state index >= 15 is 0 Å². The number of hydrogen-bond acceptors (Lipinski definition) is 6. The van der Waals surface area contributed by atoms with E-state index in [1.54, 1.807) is 22.2 Å². The minimum absolute atomic E-state index is 0.100. The fourth-order valence-corrected chi connectivity index (χ4v) is 4.80. The van der Waals surface area contributed by atoms with Crippen LogP contribution in [0.2, 0.25) is 0 Å². The van der Waals surface area contributed by atoms with E-state index in [4.69, 9.17) is 0 Å². The zero-order valence-electron chi connectivity index (χ0n) is 14.3. The normalized spacial score (nSPS) is 18.4. The number of thiophene rings is 1. The Balaban J connectivity index is 1.81. The molecule has 132 valence electrons. The molecule has 3 heterocycles. The largest absolute Gasteiger partial charge is 0.394 e. The second kappa shape index (κ2) is 6.34. The van der Waals surface area contributed by atoms with Gasteiger partial charge in [0.15, 0.2) is 5.65 Å². The summed E-state index contributed by atoms with van der Waals surface area (Å²) in [4.78, 5) is 23.8. The highest BCUT2D eigenvalue weighted by atomic mass is 32.1. The molecule has 1 amide bonds. The highest BCUT2D eigenvalue weighted by Gasteiger charge is 2.26. The summed E-state index contributed by atoms with van der Waals surface area (Å²) in [5.74, 6) is 0.220. The molecule has 0 saturated carbocycles. The highest BCUT2D eigenvalue weighted by Crippen LogP contribution is 2.42. The van der Waals surface area contributed by atoms with Gasteiger partial charge in [-0.25, -0.2) is 14.5 Å². The van der Waals surface area contributed by atoms with Gasteiger partial charge in [-0.3, -0.25) is 4.79 Å². The minimum Gasteiger partial charge on any atom is -0.394 e. The molecule has 0 bridgehead atoms. The Bertz CT molecular complexity index is 943. The number of amides is 1. The van der Waals surface area contributed by atoms with Crippen LogP contribution in [0.15, 0.2) is 6.33 Å². The van der Waals surface area contributed by atoms with E-state index in [2.05, 4.69) is 27.3 Å². The van der Waals surface area contributed by atoms with Crippen LogP contribution in [0, 0.1) is 0 Å². The van der Waals surface area contributed by atoms with Gasteiger partial charge in [0.25, 0.3) is 5.91 Å². The monoisotopic (exact) mass is 359 g/mol. The maximum absolute atomic E-state index is 12.4. The van der Waals surface area contributed by atoms with Crippen molar-refractivity contribution in [3.63, 3.8) is 0 Å². The standard InChI is InChI=1S/C17H21N5O2S/c1-3-10(7-23)19-16(24)14-20-15-13-12-9(2)5-4-6-11(12)25-17(13)18-8-22(15)21-14/h8-10,23H,3-7H2,1-2H3,(H,19,24). The van der Waals surface area contributed by atoms with E-state index in [9.17, 15) is 9.90 Å². The van der Waals surface area contributed by atoms with Crippen molar-refractivity contribution in [2.45, 2.75) is 51.5 Å². The quantitative estimate of drug-likeness (QED) is 0.745. The number of aryl methyl sites for hydroxylation is 1. The van der Waals surface area contributed by atoms with Gasteiger partial charge in [0.05, 0.1) is 18.0 Å². The molecular weight excluding hydrogens is 338 g/mol. The lowest BCUT2D eigenvalue weighted by molar-refractivity contribution is 0.0904. The summed E-state index contributed by atoms with van der Waals surface area (Å²) in [6.45, 7) is 4.05. The summed E-state index contributed by atoms with van der Waals surface area (Å²) in [5.41, 5.74) is 2.02. The lowest BCUT2D eigenvalue weighted by Crippen LogP contribution is -2.37. The fraction of sp³-hybridized carbons (Fsp3) is 0.529. The Morgan fingerprint density at radius 1 is 1.56 bits per heavy atom. The number of aromatic nitrogens is 4. The third-order valence-electron chi connectivity index (χ3n) is 4.93. The molecule has 25 heavy (non-hydrogen) atoms. The zero-order chi connectivity index (χ0) is 17.6. The number of carbonyl (C=O) groups excluding carboxylic acids is 1. The first kappa shape index (κ1) is 16.4. The molecule has 0 aromatic carbocycles. The smallest absolute Gasteiger partial charge is 0.291 e. The Morgan fingerprint density at radius 3 is 3.16 bits per heavy atom. The zero-order valence-corrected chi connectivity index (χ0v) is 15.1. The molecule has 2 atom stereocenters. The maximum atomic E-state index is 12.4. The Hall–Kier alpha value is -2.06. The molecule has 0 aliphatic heterocycles. The van der Waals surface area contributed by atoms with Gasteiger partial charge in [-0.05, 0) is 37.2 Å². The van der Waals surface area contributed by atoms with Crippen LogP contribution in [-0.2, 0) is 6.42 Å². The molecule has 4 rings (SSSR count). The van der Waals surface area contributed by atoms with Crippen LogP contribution >= 0.6 is 11.3 Å². The van der Waals surface area contributed by atoms with Crippen molar-refractivity contribution >= 4 is 33.1 Å². The highest BCUT2D eigenvalue weighted by molar-refractivity contribution is 7.19. The van der Waals surface area contributed by atoms with Gasteiger partial charge in [-0.15, -0.1) is 16.4 Å².